The molecular formula is C12H15N3O2S2. The standard InChI is InChI=1S/C12H15N3O2S2/c1-12(17,9-4-3-5-18-9)7-15-10(16)8-6-14-11(13-2)19-8/h3-6,17H,7H2,1-2H3,(H,13,14)(H,15,16). The number of anilines is 1. The molecule has 0 bridgehead atoms. The third-order valence-corrected chi connectivity index (χ3v) is 4.73. The Morgan fingerprint density at radius 3 is 2.95 bits per heavy atom. The highest BCUT2D eigenvalue weighted by Crippen LogP contribution is 2.24. The van der Waals surface area contributed by atoms with Gasteiger partial charge in [-0.3, -0.25) is 4.79 Å². The van der Waals surface area contributed by atoms with Crippen molar-refractivity contribution in [3.05, 3.63) is 33.5 Å². The summed E-state index contributed by atoms with van der Waals surface area (Å²) in [6.07, 6.45) is 1.52. The van der Waals surface area contributed by atoms with Gasteiger partial charge in [0, 0.05) is 11.9 Å². The van der Waals surface area contributed by atoms with E-state index in [2.05, 4.69) is 15.6 Å². The van der Waals surface area contributed by atoms with Gasteiger partial charge >= 0.3 is 0 Å². The predicted octanol–water partition coefficient (Wildman–Crippen LogP) is 1.88. The van der Waals surface area contributed by atoms with Crippen molar-refractivity contribution in [3.63, 3.8) is 0 Å². The van der Waals surface area contributed by atoms with Crippen LogP contribution in [0.15, 0.2) is 23.7 Å². The Bertz CT molecular complexity index is 549. The second-order valence-electron chi connectivity index (χ2n) is 4.21. The lowest BCUT2D eigenvalue weighted by atomic mass is 10.1. The molecular weight excluding hydrogens is 282 g/mol. The maximum Gasteiger partial charge on any atom is 0.263 e. The third-order valence-electron chi connectivity index (χ3n) is 2.59. The van der Waals surface area contributed by atoms with Gasteiger partial charge in [0.1, 0.15) is 10.5 Å². The zero-order valence-corrected chi connectivity index (χ0v) is 12.3. The average Bonchev–Trinajstić information content (AvgIpc) is 3.06. The molecule has 0 saturated carbocycles. The third kappa shape index (κ3) is 3.31. The van der Waals surface area contributed by atoms with Crippen LogP contribution >= 0.6 is 22.7 Å². The molecule has 2 aromatic heterocycles. The van der Waals surface area contributed by atoms with Gasteiger partial charge in [0.15, 0.2) is 5.13 Å². The summed E-state index contributed by atoms with van der Waals surface area (Å²) in [6, 6.07) is 3.72. The van der Waals surface area contributed by atoms with Crippen molar-refractivity contribution >= 4 is 33.7 Å². The molecule has 0 aliphatic carbocycles. The fourth-order valence-corrected chi connectivity index (χ4v) is 2.98. The first-order valence-electron chi connectivity index (χ1n) is 5.71. The van der Waals surface area contributed by atoms with Crippen LogP contribution in [-0.2, 0) is 5.60 Å². The molecule has 0 aromatic carbocycles. The molecule has 1 unspecified atom stereocenters. The zero-order chi connectivity index (χ0) is 13.9. The Balaban J connectivity index is 1.97. The van der Waals surface area contributed by atoms with Crippen molar-refractivity contribution in [1.82, 2.24) is 10.3 Å². The van der Waals surface area contributed by atoms with Crippen LogP contribution < -0.4 is 10.6 Å². The second kappa shape index (κ2) is 5.68. The first-order chi connectivity index (χ1) is 9.03. The summed E-state index contributed by atoms with van der Waals surface area (Å²) < 4.78 is 0. The topological polar surface area (TPSA) is 74.2 Å². The number of nitrogens with one attached hydrogen (secondary N) is 2. The molecule has 0 spiro atoms. The minimum Gasteiger partial charge on any atom is -0.383 e. The van der Waals surface area contributed by atoms with Gasteiger partial charge in [-0.1, -0.05) is 17.4 Å². The van der Waals surface area contributed by atoms with Crippen molar-refractivity contribution in [3.8, 4) is 0 Å². The van der Waals surface area contributed by atoms with Gasteiger partial charge < -0.3 is 15.7 Å². The fourth-order valence-electron chi connectivity index (χ4n) is 1.51. The number of rotatable bonds is 5. The maximum atomic E-state index is 11.9. The summed E-state index contributed by atoms with van der Waals surface area (Å²) in [4.78, 5) is 17.3. The Hall–Kier alpha value is -1.44. The molecule has 2 rings (SSSR count). The van der Waals surface area contributed by atoms with Gasteiger partial charge in [-0.25, -0.2) is 4.98 Å². The molecule has 2 aromatic rings. The number of hydrogen-bond donors (Lipinski definition) is 3. The van der Waals surface area contributed by atoms with Gasteiger partial charge in [0.25, 0.3) is 5.91 Å². The lowest BCUT2D eigenvalue weighted by Gasteiger charge is -2.21. The van der Waals surface area contributed by atoms with Gasteiger partial charge in [-0.15, -0.1) is 11.3 Å². The Kier molecular flexibility index (Phi) is 4.18. The number of aliphatic hydroxyl groups is 1. The highest BCUT2D eigenvalue weighted by molar-refractivity contribution is 7.17. The smallest absolute Gasteiger partial charge is 0.263 e. The van der Waals surface area contributed by atoms with Crippen molar-refractivity contribution in [2.45, 2.75) is 12.5 Å². The lowest BCUT2D eigenvalue weighted by Crippen LogP contribution is -2.37. The molecule has 1 amide bonds. The molecule has 0 fully saturated rings. The van der Waals surface area contributed by atoms with E-state index in [1.54, 1.807) is 14.0 Å². The molecule has 7 heteroatoms. The molecule has 0 aliphatic rings. The first kappa shape index (κ1) is 14.0. The molecule has 3 N–H and O–H groups in total. The molecule has 0 aliphatic heterocycles. The lowest BCUT2D eigenvalue weighted by molar-refractivity contribution is 0.0558. The number of amides is 1. The summed E-state index contributed by atoms with van der Waals surface area (Å²) in [5, 5.41) is 18.5. The summed E-state index contributed by atoms with van der Waals surface area (Å²) in [5.74, 6) is -0.226. The Morgan fingerprint density at radius 2 is 2.37 bits per heavy atom. The van der Waals surface area contributed by atoms with Crippen LogP contribution in [0.1, 0.15) is 21.5 Å². The number of carbonyl (C=O) groups is 1. The van der Waals surface area contributed by atoms with Crippen LogP contribution in [0.4, 0.5) is 5.13 Å². The quantitative estimate of drug-likeness (QED) is 0.788. The predicted molar refractivity (Wildman–Crippen MR) is 77.9 cm³/mol. The minimum atomic E-state index is -1.06. The zero-order valence-electron chi connectivity index (χ0n) is 10.6. The summed E-state index contributed by atoms with van der Waals surface area (Å²) in [6.45, 7) is 1.85. The van der Waals surface area contributed by atoms with Gasteiger partial charge in [0.05, 0.1) is 12.7 Å². The summed E-state index contributed by atoms with van der Waals surface area (Å²) >= 11 is 2.74. The van der Waals surface area contributed by atoms with E-state index in [0.717, 1.165) is 4.88 Å². The SMILES string of the molecule is CNc1ncc(C(=O)NCC(C)(O)c2cccs2)s1. The van der Waals surface area contributed by atoms with E-state index in [9.17, 15) is 9.90 Å². The first-order valence-corrected chi connectivity index (χ1v) is 7.40. The van der Waals surface area contributed by atoms with E-state index in [-0.39, 0.29) is 12.5 Å². The summed E-state index contributed by atoms with van der Waals surface area (Å²) in [5.41, 5.74) is -1.06. The largest absolute Gasteiger partial charge is 0.383 e. The van der Waals surface area contributed by atoms with E-state index >= 15 is 0 Å². The van der Waals surface area contributed by atoms with Gasteiger partial charge in [0.2, 0.25) is 0 Å². The molecule has 19 heavy (non-hydrogen) atoms. The van der Waals surface area contributed by atoms with Crippen molar-refractivity contribution < 1.29 is 9.90 Å². The molecule has 102 valence electrons. The van der Waals surface area contributed by atoms with Crippen molar-refractivity contribution in [2.75, 3.05) is 18.9 Å². The number of thiazole rings is 1. The normalized spacial score (nSPS) is 13.8. The molecule has 1 atom stereocenters. The Morgan fingerprint density at radius 1 is 1.58 bits per heavy atom. The van der Waals surface area contributed by atoms with E-state index in [1.807, 2.05) is 17.5 Å². The highest BCUT2D eigenvalue weighted by atomic mass is 32.1. The van der Waals surface area contributed by atoms with Gasteiger partial charge in [-0.2, -0.15) is 0 Å². The fraction of sp³-hybridized carbons (Fsp3) is 0.333. The summed E-state index contributed by atoms with van der Waals surface area (Å²) in [7, 11) is 1.75. The molecule has 2 heterocycles. The number of thiophene rings is 1. The second-order valence-corrected chi connectivity index (χ2v) is 6.19. The Labute approximate surface area is 119 Å². The maximum absolute atomic E-state index is 11.9. The van der Waals surface area contributed by atoms with E-state index < -0.39 is 5.60 Å². The molecule has 5 nitrogen and oxygen atoms in total. The molecule has 0 radical (unpaired) electrons. The van der Waals surface area contributed by atoms with Crippen LogP contribution in [0.2, 0.25) is 0 Å². The van der Waals surface area contributed by atoms with Gasteiger partial charge in [-0.05, 0) is 18.4 Å². The van der Waals surface area contributed by atoms with E-state index in [1.165, 1.54) is 28.9 Å². The van der Waals surface area contributed by atoms with Crippen LogP contribution in [0.3, 0.4) is 0 Å². The number of nitrogens with zero attached hydrogens (tertiary/aromatic N) is 1. The number of aromatic nitrogens is 1. The van der Waals surface area contributed by atoms with E-state index in [0.29, 0.717) is 10.0 Å². The number of hydrogen-bond acceptors (Lipinski definition) is 6. The van der Waals surface area contributed by atoms with Crippen LogP contribution in [-0.4, -0.2) is 29.6 Å². The highest BCUT2D eigenvalue weighted by Gasteiger charge is 2.25. The molecule has 0 saturated heterocycles. The van der Waals surface area contributed by atoms with E-state index in [4.69, 9.17) is 0 Å². The monoisotopic (exact) mass is 297 g/mol. The van der Waals surface area contributed by atoms with Crippen LogP contribution in [0, 0.1) is 0 Å². The van der Waals surface area contributed by atoms with Crippen LogP contribution in [0.25, 0.3) is 0 Å². The minimum absolute atomic E-state index is 0.166. The van der Waals surface area contributed by atoms with Crippen molar-refractivity contribution in [2.24, 2.45) is 0 Å². The number of carbonyl (C=O) groups excluding carboxylic acids is 1. The van der Waals surface area contributed by atoms with Crippen LogP contribution in [0.5, 0.6) is 0 Å². The average molecular weight is 297 g/mol. The van der Waals surface area contributed by atoms with Crippen molar-refractivity contribution in [1.29, 1.82) is 0 Å².